The maximum Gasteiger partial charge on any atom is 0.405 e. The van der Waals surface area contributed by atoms with Gasteiger partial charge in [0.25, 0.3) is 5.91 Å². The van der Waals surface area contributed by atoms with E-state index in [4.69, 9.17) is 5.73 Å². The van der Waals surface area contributed by atoms with Gasteiger partial charge in [0.2, 0.25) is 0 Å². The third kappa shape index (κ3) is 4.21. The highest BCUT2D eigenvalue weighted by atomic mass is 32.1. The molecule has 8 nitrogen and oxygen atoms in total. The second-order valence-electron chi connectivity index (χ2n) is 5.17. The van der Waals surface area contributed by atoms with Gasteiger partial charge in [-0.05, 0) is 19.1 Å². The Bertz CT molecular complexity index is 918. The molecule has 1 aromatic carbocycles. The number of imidazole rings is 1. The molecule has 2 aromatic heterocycles. The van der Waals surface area contributed by atoms with Crippen molar-refractivity contribution in [3.05, 3.63) is 47.9 Å². The van der Waals surface area contributed by atoms with Crippen LogP contribution in [0.4, 0.5) is 9.93 Å². The molecule has 0 fully saturated rings. The minimum Gasteiger partial charge on any atom is -0.440 e. The number of hydrogen-bond donors (Lipinski definition) is 2. The lowest BCUT2D eigenvalue weighted by atomic mass is 10.1. The number of carbonyl (C=O) groups excluding carboxylic acids is 2. The Labute approximate surface area is 147 Å². The maximum absolute atomic E-state index is 11.6. The van der Waals surface area contributed by atoms with Crippen LogP contribution in [0.15, 0.2) is 42.2 Å². The zero-order valence-corrected chi connectivity index (χ0v) is 14.1. The molecule has 3 N–H and O–H groups in total. The van der Waals surface area contributed by atoms with Gasteiger partial charge in [0.1, 0.15) is 0 Å². The quantitative estimate of drug-likeness (QED) is 0.728. The first-order valence-electron chi connectivity index (χ1n) is 7.30. The van der Waals surface area contributed by atoms with E-state index in [-0.39, 0.29) is 0 Å². The minimum absolute atomic E-state index is 0.414. The lowest BCUT2D eigenvalue weighted by Crippen LogP contribution is -2.23. The Balaban J connectivity index is 1.74. The average Bonchev–Trinajstić information content (AvgIpc) is 3.22. The van der Waals surface area contributed by atoms with Gasteiger partial charge < -0.3 is 15.0 Å². The van der Waals surface area contributed by atoms with Crippen molar-refractivity contribution < 1.29 is 14.3 Å². The molecular formula is C16H15N5O3S. The van der Waals surface area contributed by atoms with E-state index in [1.54, 1.807) is 6.33 Å². The van der Waals surface area contributed by atoms with Gasteiger partial charge in [-0.2, -0.15) is 0 Å². The molecule has 2 amide bonds. The van der Waals surface area contributed by atoms with Crippen molar-refractivity contribution in [3.8, 4) is 16.9 Å². The molecule has 0 radical (unpaired) electrons. The molecule has 0 aliphatic rings. The van der Waals surface area contributed by atoms with Crippen molar-refractivity contribution in [1.82, 2.24) is 14.5 Å². The summed E-state index contributed by atoms with van der Waals surface area (Å²) in [6.07, 6.45) is 2.69. The van der Waals surface area contributed by atoms with Crippen molar-refractivity contribution in [2.75, 3.05) is 11.9 Å². The normalized spacial score (nSPS) is 10.4. The number of nitrogens with one attached hydrogen (secondary N) is 1. The number of benzene rings is 1. The fourth-order valence-corrected chi connectivity index (χ4v) is 2.88. The van der Waals surface area contributed by atoms with Gasteiger partial charge >= 0.3 is 6.09 Å². The van der Waals surface area contributed by atoms with E-state index in [9.17, 15) is 9.59 Å². The van der Waals surface area contributed by atoms with Crippen molar-refractivity contribution in [3.63, 3.8) is 0 Å². The molecule has 0 aliphatic carbocycles. The van der Waals surface area contributed by atoms with E-state index in [0.717, 1.165) is 22.6 Å². The summed E-state index contributed by atoms with van der Waals surface area (Å²) < 4.78 is 6.35. The molecule has 25 heavy (non-hydrogen) atoms. The van der Waals surface area contributed by atoms with E-state index >= 15 is 0 Å². The zero-order chi connectivity index (χ0) is 17.8. The van der Waals surface area contributed by atoms with Crippen LogP contribution >= 0.6 is 11.3 Å². The first kappa shape index (κ1) is 16.7. The van der Waals surface area contributed by atoms with Gasteiger partial charge in [-0.25, -0.2) is 14.8 Å². The van der Waals surface area contributed by atoms with Crippen LogP contribution in [-0.2, 0) is 9.53 Å². The number of anilines is 1. The van der Waals surface area contributed by atoms with Crippen molar-refractivity contribution >= 4 is 28.5 Å². The second kappa shape index (κ2) is 7.14. The number of amides is 2. The number of ether oxygens (including phenoxy) is 1. The van der Waals surface area contributed by atoms with E-state index in [2.05, 4.69) is 20.0 Å². The van der Waals surface area contributed by atoms with Crippen LogP contribution < -0.4 is 11.1 Å². The van der Waals surface area contributed by atoms with Crippen LogP contribution in [0.2, 0.25) is 0 Å². The SMILES string of the molecule is Cc1cn(-c2cccc(-c3csc(NC(=O)COC(N)=O)n3)c2)cn1. The second-order valence-corrected chi connectivity index (χ2v) is 6.02. The van der Waals surface area contributed by atoms with Crippen LogP contribution in [0.25, 0.3) is 16.9 Å². The largest absolute Gasteiger partial charge is 0.440 e. The number of thiazole rings is 1. The van der Waals surface area contributed by atoms with Gasteiger partial charge in [-0.1, -0.05) is 12.1 Å². The Kier molecular flexibility index (Phi) is 4.75. The number of nitrogens with zero attached hydrogens (tertiary/aromatic N) is 3. The van der Waals surface area contributed by atoms with E-state index < -0.39 is 18.6 Å². The monoisotopic (exact) mass is 357 g/mol. The molecule has 0 aliphatic heterocycles. The highest BCUT2D eigenvalue weighted by molar-refractivity contribution is 7.14. The Morgan fingerprint density at radius 2 is 2.24 bits per heavy atom. The predicted molar refractivity (Wildman–Crippen MR) is 93.6 cm³/mol. The van der Waals surface area contributed by atoms with Gasteiger partial charge in [0, 0.05) is 22.8 Å². The molecule has 0 atom stereocenters. The summed E-state index contributed by atoms with van der Waals surface area (Å²) in [7, 11) is 0. The summed E-state index contributed by atoms with van der Waals surface area (Å²) in [4.78, 5) is 30.7. The van der Waals surface area contributed by atoms with Crippen LogP contribution in [0.3, 0.4) is 0 Å². The number of rotatable bonds is 5. The standard InChI is InChI=1S/C16H15N5O3S/c1-10-6-21(9-18-10)12-4-2-3-11(5-12)13-8-25-16(19-13)20-14(22)7-24-15(17)23/h2-6,8-9H,7H2,1H3,(H2,17,23)(H,19,20,22). The number of aryl methyl sites for hydroxylation is 1. The lowest BCUT2D eigenvalue weighted by molar-refractivity contribution is -0.118. The smallest absolute Gasteiger partial charge is 0.405 e. The molecule has 3 aromatic rings. The zero-order valence-electron chi connectivity index (χ0n) is 13.3. The summed E-state index contributed by atoms with van der Waals surface area (Å²) in [5, 5.41) is 4.81. The van der Waals surface area contributed by atoms with Gasteiger partial charge in [-0.15, -0.1) is 11.3 Å². The van der Waals surface area contributed by atoms with Crippen LogP contribution in [0, 0.1) is 6.92 Å². The first-order chi connectivity index (χ1) is 12.0. The van der Waals surface area contributed by atoms with Crippen LogP contribution in [0.1, 0.15) is 5.69 Å². The predicted octanol–water partition coefficient (Wildman–Crippen LogP) is 2.34. The highest BCUT2D eigenvalue weighted by Crippen LogP contribution is 2.26. The topological polar surface area (TPSA) is 112 Å². The third-order valence-corrected chi connectivity index (χ3v) is 4.01. The summed E-state index contributed by atoms with van der Waals surface area (Å²) >= 11 is 1.28. The molecule has 128 valence electrons. The van der Waals surface area contributed by atoms with Crippen LogP contribution in [0.5, 0.6) is 0 Å². The van der Waals surface area contributed by atoms with Gasteiger partial charge in [0.05, 0.1) is 17.7 Å². The molecule has 2 heterocycles. The number of hydrogen-bond acceptors (Lipinski definition) is 6. The average molecular weight is 357 g/mol. The molecule has 3 rings (SSSR count). The van der Waals surface area contributed by atoms with Crippen LogP contribution in [-0.4, -0.2) is 33.1 Å². The summed E-state index contributed by atoms with van der Waals surface area (Å²) in [5.74, 6) is -0.498. The molecule has 0 unspecified atom stereocenters. The van der Waals surface area contributed by atoms with Crippen molar-refractivity contribution in [2.24, 2.45) is 5.73 Å². The number of carbonyl (C=O) groups is 2. The van der Waals surface area contributed by atoms with Crippen molar-refractivity contribution in [2.45, 2.75) is 6.92 Å². The first-order valence-corrected chi connectivity index (χ1v) is 8.18. The van der Waals surface area contributed by atoms with Gasteiger partial charge in [-0.3, -0.25) is 10.1 Å². The fourth-order valence-electron chi connectivity index (χ4n) is 2.14. The molecule has 0 saturated heterocycles. The summed E-state index contributed by atoms with van der Waals surface area (Å²) in [6, 6.07) is 7.82. The summed E-state index contributed by atoms with van der Waals surface area (Å²) in [6.45, 7) is 1.48. The van der Waals surface area contributed by atoms with E-state index in [1.807, 2.05) is 47.3 Å². The highest BCUT2D eigenvalue weighted by Gasteiger charge is 2.10. The maximum atomic E-state index is 11.6. The summed E-state index contributed by atoms with van der Waals surface area (Å²) in [5.41, 5.74) is 8.36. The number of aromatic nitrogens is 3. The molecule has 0 saturated carbocycles. The number of primary amides is 1. The Morgan fingerprint density at radius 3 is 2.96 bits per heavy atom. The van der Waals surface area contributed by atoms with Gasteiger partial charge in [0.15, 0.2) is 11.7 Å². The Hall–Kier alpha value is -3.20. The molecular weight excluding hydrogens is 342 g/mol. The third-order valence-electron chi connectivity index (χ3n) is 3.25. The minimum atomic E-state index is -0.999. The van der Waals surface area contributed by atoms with Crippen molar-refractivity contribution in [1.29, 1.82) is 0 Å². The van der Waals surface area contributed by atoms with E-state index in [0.29, 0.717) is 5.13 Å². The number of nitrogens with two attached hydrogens (primary N) is 1. The lowest BCUT2D eigenvalue weighted by Gasteiger charge is -2.04. The van der Waals surface area contributed by atoms with E-state index in [1.165, 1.54) is 11.3 Å². The molecule has 9 heteroatoms. The molecule has 0 spiro atoms. The Morgan fingerprint density at radius 1 is 1.40 bits per heavy atom. The molecule has 0 bridgehead atoms. The fraction of sp³-hybridized carbons (Fsp3) is 0.125.